The molecule has 1 N–H and O–H groups in total. The first kappa shape index (κ1) is 20.0. The minimum Gasteiger partial charge on any atom is -0.322 e. The fourth-order valence-corrected chi connectivity index (χ4v) is 3.90. The van der Waals surface area contributed by atoms with Gasteiger partial charge < -0.3 is 5.32 Å². The first-order valence-corrected chi connectivity index (χ1v) is 10.7. The van der Waals surface area contributed by atoms with E-state index in [4.69, 9.17) is 4.98 Å². The molecule has 4 rings (SSSR count). The zero-order valence-electron chi connectivity index (χ0n) is 17.2. The number of hydrogen-bond acceptors (Lipinski definition) is 4. The van der Waals surface area contributed by atoms with Gasteiger partial charge in [0.1, 0.15) is 5.01 Å². The van der Waals surface area contributed by atoms with Crippen molar-refractivity contribution < 1.29 is 4.79 Å². The van der Waals surface area contributed by atoms with E-state index in [1.165, 1.54) is 5.56 Å². The molecule has 0 aliphatic rings. The molecule has 2 aromatic heterocycles. The summed E-state index contributed by atoms with van der Waals surface area (Å²) in [6.07, 6.45) is 1.76. The molecule has 0 aliphatic heterocycles. The van der Waals surface area contributed by atoms with E-state index in [1.807, 2.05) is 72.1 Å². The summed E-state index contributed by atoms with van der Waals surface area (Å²) in [6.45, 7) is 6.47. The zero-order chi connectivity index (χ0) is 21.1. The van der Waals surface area contributed by atoms with Crippen molar-refractivity contribution in [2.45, 2.75) is 26.2 Å². The molecule has 0 saturated heterocycles. The van der Waals surface area contributed by atoms with Crippen LogP contribution in [-0.2, 0) is 5.41 Å². The molecule has 0 aliphatic carbocycles. The molecule has 2 heterocycles. The normalized spacial score (nSPS) is 11.3. The van der Waals surface area contributed by atoms with Crippen LogP contribution in [-0.4, -0.2) is 15.9 Å². The molecule has 0 spiro atoms. The zero-order valence-corrected chi connectivity index (χ0v) is 18.0. The molecule has 5 heteroatoms. The van der Waals surface area contributed by atoms with Crippen LogP contribution in [0.3, 0.4) is 0 Å². The summed E-state index contributed by atoms with van der Waals surface area (Å²) in [4.78, 5) is 21.7. The second kappa shape index (κ2) is 8.20. The third kappa shape index (κ3) is 4.47. The maximum atomic E-state index is 12.7. The highest BCUT2D eigenvalue weighted by atomic mass is 32.1. The molecule has 1 amide bonds. The van der Waals surface area contributed by atoms with Crippen LogP contribution in [0.4, 0.5) is 5.69 Å². The SMILES string of the molecule is CC(C)(C)c1ccc(C(=O)Nc2cccc(-c3csc(-c4ccccn4)n3)c2)cc1. The Kier molecular flexibility index (Phi) is 5.46. The lowest BCUT2D eigenvalue weighted by atomic mass is 9.87. The quantitative estimate of drug-likeness (QED) is 0.420. The molecule has 0 bridgehead atoms. The molecule has 150 valence electrons. The van der Waals surface area contributed by atoms with Crippen LogP contribution in [0.15, 0.2) is 78.3 Å². The highest BCUT2D eigenvalue weighted by molar-refractivity contribution is 7.13. The minimum atomic E-state index is -0.125. The van der Waals surface area contributed by atoms with Crippen molar-refractivity contribution in [1.82, 2.24) is 9.97 Å². The molecule has 2 aromatic carbocycles. The minimum absolute atomic E-state index is 0.0605. The summed E-state index contributed by atoms with van der Waals surface area (Å²) in [5.41, 5.74) is 5.32. The maximum absolute atomic E-state index is 12.7. The Hall–Kier alpha value is -3.31. The average Bonchev–Trinajstić information content (AvgIpc) is 3.24. The van der Waals surface area contributed by atoms with Crippen molar-refractivity contribution in [2.75, 3.05) is 5.32 Å². The summed E-state index contributed by atoms with van der Waals surface area (Å²) >= 11 is 1.56. The van der Waals surface area contributed by atoms with Crippen LogP contribution in [0.5, 0.6) is 0 Å². The van der Waals surface area contributed by atoms with Crippen molar-refractivity contribution in [3.05, 3.63) is 89.4 Å². The van der Waals surface area contributed by atoms with Crippen molar-refractivity contribution in [3.8, 4) is 22.0 Å². The van der Waals surface area contributed by atoms with Crippen molar-refractivity contribution in [3.63, 3.8) is 0 Å². The van der Waals surface area contributed by atoms with Crippen LogP contribution in [0.1, 0.15) is 36.7 Å². The number of amides is 1. The summed E-state index contributed by atoms with van der Waals surface area (Å²) in [6, 6.07) is 21.3. The molecule has 4 aromatic rings. The van der Waals surface area contributed by atoms with Crippen LogP contribution in [0.25, 0.3) is 22.0 Å². The van der Waals surface area contributed by atoms with E-state index in [-0.39, 0.29) is 11.3 Å². The average molecular weight is 414 g/mol. The number of thiazole rings is 1. The number of rotatable bonds is 4. The van der Waals surface area contributed by atoms with Gasteiger partial charge in [-0.2, -0.15) is 0 Å². The molecule has 0 radical (unpaired) electrons. The number of nitrogens with one attached hydrogen (secondary N) is 1. The maximum Gasteiger partial charge on any atom is 0.255 e. The van der Waals surface area contributed by atoms with Crippen molar-refractivity contribution >= 4 is 22.9 Å². The predicted molar refractivity (Wildman–Crippen MR) is 124 cm³/mol. The second-order valence-electron chi connectivity index (χ2n) is 8.12. The highest BCUT2D eigenvalue weighted by Gasteiger charge is 2.15. The monoisotopic (exact) mass is 413 g/mol. The van der Waals surface area contributed by atoms with Gasteiger partial charge in [0.25, 0.3) is 5.91 Å². The van der Waals surface area contributed by atoms with Gasteiger partial charge in [-0.3, -0.25) is 9.78 Å². The number of carbonyl (C=O) groups excluding carboxylic acids is 1. The summed E-state index contributed by atoms with van der Waals surface area (Å²) < 4.78 is 0. The fourth-order valence-electron chi connectivity index (χ4n) is 3.09. The fraction of sp³-hybridized carbons (Fsp3) is 0.160. The molecule has 0 unspecified atom stereocenters. The Bertz CT molecular complexity index is 1160. The van der Waals surface area contributed by atoms with Crippen LogP contribution in [0.2, 0.25) is 0 Å². The van der Waals surface area contributed by atoms with E-state index in [9.17, 15) is 4.79 Å². The number of nitrogens with zero attached hydrogens (tertiary/aromatic N) is 2. The number of hydrogen-bond donors (Lipinski definition) is 1. The van der Waals surface area contributed by atoms with Gasteiger partial charge in [0.2, 0.25) is 0 Å². The topological polar surface area (TPSA) is 54.9 Å². The predicted octanol–water partition coefficient (Wildman–Crippen LogP) is 6.42. The standard InChI is InChI=1S/C25H23N3OS/c1-25(2,3)19-12-10-17(11-13-19)23(29)27-20-8-6-7-18(15-20)22-16-30-24(28-22)21-9-4-5-14-26-21/h4-16H,1-3H3,(H,27,29). The third-order valence-electron chi connectivity index (χ3n) is 4.82. The van der Waals surface area contributed by atoms with Gasteiger partial charge in [-0.1, -0.05) is 51.1 Å². The van der Waals surface area contributed by atoms with Gasteiger partial charge in [-0.15, -0.1) is 11.3 Å². The van der Waals surface area contributed by atoms with Gasteiger partial charge in [0.15, 0.2) is 0 Å². The van der Waals surface area contributed by atoms with Gasteiger partial charge >= 0.3 is 0 Å². The van der Waals surface area contributed by atoms with E-state index < -0.39 is 0 Å². The van der Waals surface area contributed by atoms with Gasteiger partial charge in [-0.25, -0.2) is 4.98 Å². The van der Waals surface area contributed by atoms with Gasteiger partial charge in [-0.05, 0) is 47.4 Å². The van der Waals surface area contributed by atoms with E-state index in [2.05, 4.69) is 31.1 Å². The molecular weight excluding hydrogens is 390 g/mol. The van der Waals surface area contributed by atoms with Crippen LogP contribution < -0.4 is 5.32 Å². The first-order chi connectivity index (χ1) is 14.4. The Morgan fingerprint density at radius 1 is 0.933 bits per heavy atom. The molecule has 0 fully saturated rings. The summed E-state index contributed by atoms with van der Waals surface area (Å²) in [5, 5.41) is 5.87. The number of pyridine rings is 1. The number of anilines is 1. The van der Waals surface area contributed by atoms with E-state index in [0.29, 0.717) is 5.56 Å². The highest BCUT2D eigenvalue weighted by Crippen LogP contribution is 2.29. The summed E-state index contributed by atoms with van der Waals surface area (Å²) in [7, 11) is 0. The Morgan fingerprint density at radius 2 is 1.73 bits per heavy atom. The lowest BCUT2D eigenvalue weighted by Crippen LogP contribution is -2.14. The Labute approximate surface area is 180 Å². The largest absolute Gasteiger partial charge is 0.322 e. The van der Waals surface area contributed by atoms with Crippen molar-refractivity contribution in [2.24, 2.45) is 0 Å². The first-order valence-electron chi connectivity index (χ1n) is 9.79. The number of aromatic nitrogens is 2. The second-order valence-corrected chi connectivity index (χ2v) is 8.97. The lowest BCUT2D eigenvalue weighted by molar-refractivity contribution is 0.102. The molecule has 30 heavy (non-hydrogen) atoms. The van der Waals surface area contributed by atoms with Crippen LogP contribution in [0, 0.1) is 0 Å². The Morgan fingerprint density at radius 3 is 2.43 bits per heavy atom. The molecule has 4 nitrogen and oxygen atoms in total. The van der Waals surface area contributed by atoms with E-state index >= 15 is 0 Å². The third-order valence-corrected chi connectivity index (χ3v) is 5.68. The van der Waals surface area contributed by atoms with Gasteiger partial charge in [0.05, 0.1) is 11.4 Å². The number of carbonyl (C=O) groups is 1. The van der Waals surface area contributed by atoms with E-state index in [1.54, 1.807) is 17.5 Å². The van der Waals surface area contributed by atoms with Gasteiger partial charge in [0, 0.05) is 28.4 Å². The van der Waals surface area contributed by atoms with Crippen LogP contribution >= 0.6 is 11.3 Å². The lowest BCUT2D eigenvalue weighted by Gasteiger charge is -2.19. The Balaban J connectivity index is 1.51. The van der Waals surface area contributed by atoms with E-state index in [0.717, 1.165) is 27.6 Å². The molecular formula is C25H23N3OS. The molecule has 0 atom stereocenters. The molecule has 0 saturated carbocycles. The number of benzene rings is 2. The smallest absolute Gasteiger partial charge is 0.255 e. The summed E-state index contributed by atoms with van der Waals surface area (Å²) in [5.74, 6) is -0.125. The van der Waals surface area contributed by atoms with Crippen molar-refractivity contribution in [1.29, 1.82) is 0 Å².